The number of hydrogen-bond acceptors (Lipinski definition) is 6. The van der Waals surface area contributed by atoms with Gasteiger partial charge in [-0.3, -0.25) is 14.6 Å². The number of carbonyl (C=O) groups is 2. The molecular weight excluding hydrogens is 400 g/mol. The van der Waals surface area contributed by atoms with Gasteiger partial charge < -0.3 is 10.6 Å². The van der Waals surface area contributed by atoms with Crippen molar-refractivity contribution in [3.05, 3.63) is 45.3 Å². The molecule has 8 nitrogen and oxygen atoms in total. The minimum absolute atomic E-state index is 0.0124. The van der Waals surface area contributed by atoms with Gasteiger partial charge in [0, 0.05) is 16.9 Å². The number of carbonyl (C=O) groups excluding carboxylic acids is 2. The summed E-state index contributed by atoms with van der Waals surface area (Å²) in [7, 11) is 0. The zero-order valence-electron chi connectivity index (χ0n) is 11.7. The Kier molecular flexibility index (Phi) is 3.39. The van der Waals surface area contributed by atoms with Crippen LogP contribution in [0.25, 0.3) is 0 Å². The zero-order chi connectivity index (χ0) is 16.8. The van der Waals surface area contributed by atoms with Crippen molar-refractivity contribution >= 4 is 62.3 Å². The van der Waals surface area contributed by atoms with E-state index in [-0.39, 0.29) is 11.4 Å². The Morgan fingerprint density at radius 3 is 2.58 bits per heavy atom. The standard InChI is InChI=1S/C14H6BrClN6O2/c15-5-1-7-9(13(23)20-12(7)18-3-5)21-22-11-10-8(19-14(11)24)2-6(16)4-17-10/h1-4H,(H,19,22,24)(H,18,20,21,23). The molecule has 2 aromatic rings. The fourth-order valence-electron chi connectivity index (χ4n) is 2.31. The highest BCUT2D eigenvalue weighted by atomic mass is 79.9. The molecule has 0 unspecified atom stereocenters. The number of nitrogens with one attached hydrogen (secondary N) is 2. The van der Waals surface area contributed by atoms with E-state index >= 15 is 0 Å². The Bertz CT molecular complexity index is 987. The lowest BCUT2D eigenvalue weighted by atomic mass is 10.2. The molecule has 0 fully saturated rings. The lowest BCUT2D eigenvalue weighted by Gasteiger charge is -1.97. The third kappa shape index (κ3) is 2.38. The quantitative estimate of drug-likeness (QED) is 0.707. The first-order valence-electron chi connectivity index (χ1n) is 6.63. The highest BCUT2D eigenvalue weighted by Gasteiger charge is 2.30. The average molecular weight is 406 g/mol. The zero-order valence-corrected chi connectivity index (χ0v) is 14.0. The maximum absolute atomic E-state index is 12.0. The van der Waals surface area contributed by atoms with Crippen LogP contribution in [0.4, 0.5) is 11.5 Å². The number of fused-ring (bicyclic) bond motifs is 2. The number of aromatic nitrogens is 2. The number of amides is 2. The summed E-state index contributed by atoms with van der Waals surface area (Å²) in [5.74, 6) is -0.513. The smallest absolute Gasteiger partial charge is 0.278 e. The Labute approximate surface area is 148 Å². The van der Waals surface area contributed by atoms with Crippen molar-refractivity contribution in [2.24, 2.45) is 10.2 Å². The molecule has 2 N–H and O–H groups in total. The van der Waals surface area contributed by atoms with Gasteiger partial charge in [-0.05, 0) is 28.1 Å². The van der Waals surface area contributed by atoms with Crippen LogP contribution in [0.2, 0.25) is 5.02 Å². The Hall–Kier alpha value is -2.65. The molecule has 0 spiro atoms. The van der Waals surface area contributed by atoms with Gasteiger partial charge in [-0.2, -0.15) is 0 Å². The number of rotatable bonds is 1. The summed E-state index contributed by atoms with van der Waals surface area (Å²) >= 11 is 9.13. The second kappa shape index (κ2) is 5.46. The summed E-state index contributed by atoms with van der Waals surface area (Å²) in [6, 6.07) is 3.26. The fraction of sp³-hybridized carbons (Fsp3) is 0. The van der Waals surface area contributed by atoms with E-state index in [1.807, 2.05) is 0 Å². The number of pyridine rings is 2. The van der Waals surface area contributed by atoms with Crippen molar-refractivity contribution in [1.82, 2.24) is 9.97 Å². The van der Waals surface area contributed by atoms with Crippen LogP contribution in [0.5, 0.6) is 0 Å². The first-order chi connectivity index (χ1) is 11.5. The first-order valence-corrected chi connectivity index (χ1v) is 7.80. The third-order valence-corrected chi connectivity index (χ3v) is 3.99. The molecule has 0 saturated heterocycles. The molecular formula is C14H6BrClN6O2. The number of halogens is 2. The largest absolute Gasteiger partial charge is 0.318 e. The topological polar surface area (TPSA) is 109 Å². The van der Waals surface area contributed by atoms with Crippen LogP contribution >= 0.6 is 27.5 Å². The van der Waals surface area contributed by atoms with E-state index in [1.165, 1.54) is 6.20 Å². The lowest BCUT2D eigenvalue weighted by molar-refractivity contribution is -0.111. The van der Waals surface area contributed by atoms with Gasteiger partial charge in [-0.15, -0.1) is 10.2 Å². The second-order valence-electron chi connectivity index (χ2n) is 4.90. The highest BCUT2D eigenvalue weighted by molar-refractivity contribution is 9.10. The van der Waals surface area contributed by atoms with E-state index < -0.39 is 11.8 Å². The van der Waals surface area contributed by atoms with Crippen LogP contribution in [0, 0.1) is 0 Å². The summed E-state index contributed by atoms with van der Waals surface area (Å²) in [4.78, 5) is 32.2. The van der Waals surface area contributed by atoms with Gasteiger partial charge in [0.25, 0.3) is 11.8 Å². The van der Waals surface area contributed by atoms with E-state index in [2.05, 4.69) is 46.7 Å². The van der Waals surface area contributed by atoms with Crippen LogP contribution < -0.4 is 10.6 Å². The van der Waals surface area contributed by atoms with Gasteiger partial charge in [0.1, 0.15) is 11.5 Å². The van der Waals surface area contributed by atoms with Crippen molar-refractivity contribution in [1.29, 1.82) is 0 Å². The Morgan fingerprint density at radius 2 is 1.75 bits per heavy atom. The second-order valence-corrected chi connectivity index (χ2v) is 6.26. The molecule has 0 saturated carbocycles. The van der Waals surface area contributed by atoms with Crippen molar-refractivity contribution in [3.63, 3.8) is 0 Å². The van der Waals surface area contributed by atoms with Crippen molar-refractivity contribution in [3.8, 4) is 0 Å². The van der Waals surface area contributed by atoms with E-state index in [4.69, 9.17) is 11.6 Å². The molecule has 2 aliphatic heterocycles. The van der Waals surface area contributed by atoms with Crippen molar-refractivity contribution < 1.29 is 9.59 Å². The van der Waals surface area contributed by atoms with Gasteiger partial charge in [0.05, 0.1) is 16.3 Å². The summed E-state index contributed by atoms with van der Waals surface area (Å²) in [5, 5.41) is 13.4. The number of anilines is 2. The van der Waals surface area contributed by atoms with Crippen LogP contribution in [-0.4, -0.2) is 33.2 Å². The van der Waals surface area contributed by atoms with E-state index in [0.717, 1.165) is 0 Å². The van der Waals surface area contributed by atoms with Gasteiger partial charge in [-0.25, -0.2) is 4.98 Å². The van der Waals surface area contributed by atoms with E-state index in [9.17, 15) is 9.59 Å². The van der Waals surface area contributed by atoms with Crippen LogP contribution in [0.1, 0.15) is 11.3 Å². The fourth-order valence-corrected chi connectivity index (χ4v) is 2.80. The molecule has 4 heterocycles. The summed E-state index contributed by atoms with van der Waals surface area (Å²) in [5.41, 5.74) is 1.37. The van der Waals surface area contributed by atoms with Gasteiger partial charge in [0.15, 0.2) is 11.4 Å². The molecule has 2 aliphatic rings. The average Bonchev–Trinajstić information content (AvgIpc) is 3.00. The normalized spacial score (nSPS) is 18.6. The molecule has 0 aromatic carbocycles. The van der Waals surface area contributed by atoms with Crippen LogP contribution in [0.15, 0.2) is 39.2 Å². The number of nitrogens with zero attached hydrogens (tertiary/aromatic N) is 4. The summed E-state index contributed by atoms with van der Waals surface area (Å²) < 4.78 is 0.693. The predicted octanol–water partition coefficient (Wildman–Crippen LogP) is 1.99. The Morgan fingerprint density at radius 1 is 1.00 bits per heavy atom. The molecule has 0 aliphatic carbocycles. The van der Waals surface area contributed by atoms with Gasteiger partial charge in [-0.1, -0.05) is 11.6 Å². The minimum atomic E-state index is -0.463. The molecule has 0 atom stereocenters. The molecule has 2 aromatic heterocycles. The van der Waals surface area contributed by atoms with Gasteiger partial charge in [0.2, 0.25) is 0 Å². The molecule has 2 amide bonds. The third-order valence-electron chi connectivity index (χ3n) is 3.35. The van der Waals surface area contributed by atoms with Crippen molar-refractivity contribution in [2.75, 3.05) is 10.6 Å². The summed E-state index contributed by atoms with van der Waals surface area (Å²) in [6.07, 6.45) is 2.96. The van der Waals surface area contributed by atoms with Crippen LogP contribution in [0.3, 0.4) is 0 Å². The molecule has 0 radical (unpaired) electrons. The molecule has 24 heavy (non-hydrogen) atoms. The minimum Gasteiger partial charge on any atom is -0.318 e. The number of hydrogen-bond donors (Lipinski definition) is 2. The van der Waals surface area contributed by atoms with E-state index in [1.54, 1.807) is 18.3 Å². The maximum Gasteiger partial charge on any atom is 0.278 e. The molecule has 4 rings (SSSR count). The van der Waals surface area contributed by atoms with Gasteiger partial charge >= 0.3 is 0 Å². The Balaban J connectivity index is 1.79. The van der Waals surface area contributed by atoms with Crippen molar-refractivity contribution in [2.45, 2.75) is 0 Å². The predicted molar refractivity (Wildman–Crippen MR) is 91.5 cm³/mol. The molecule has 0 bridgehead atoms. The monoisotopic (exact) mass is 404 g/mol. The highest BCUT2D eigenvalue weighted by Crippen LogP contribution is 2.26. The van der Waals surface area contributed by atoms with E-state index in [0.29, 0.717) is 32.3 Å². The summed E-state index contributed by atoms with van der Waals surface area (Å²) in [6.45, 7) is 0. The van der Waals surface area contributed by atoms with Crippen LogP contribution in [-0.2, 0) is 9.59 Å². The molecule has 10 heteroatoms. The maximum atomic E-state index is 12.0. The lowest BCUT2D eigenvalue weighted by Crippen LogP contribution is -2.16. The first kappa shape index (κ1) is 14.9. The molecule has 118 valence electrons. The SMILES string of the molecule is O=C1Nc2cc(Cl)cnc2/C1=N/N=C1/C(=O)Nc2ncc(Br)cc21.